The number of ether oxygens (including phenoxy) is 2. The molecule has 0 aromatic heterocycles. The number of carbonyl (C=O) groups is 3. The van der Waals surface area contributed by atoms with Crippen molar-refractivity contribution in [1.29, 1.82) is 0 Å². The van der Waals surface area contributed by atoms with E-state index in [0.717, 1.165) is 35.1 Å². The van der Waals surface area contributed by atoms with Crippen LogP contribution in [0.4, 0.5) is 4.79 Å². The van der Waals surface area contributed by atoms with Crippen LogP contribution in [0.15, 0.2) is 48.5 Å². The molecule has 5 rings (SSSR count). The van der Waals surface area contributed by atoms with Gasteiger partial charge in [-0.1, -0.05) is 61.4 Å². The first-order valence-electron chi connectivity index (χ1n) is 12.2. The van der Waals surface area contributed by atoms with E-state index in [0.29, 0.717) is 25.9 Å². The largest absolute Gasteiger partial charge is 0.479 e. The van der Waals surface area contributed by atoms with Gasteiger partial charge in [0, 0.05) is 25.0 Å². The van der Waals surface area contributed by atoms with E-state index >= 15 is 0 Å². The van der Waals surface area contributed by atoms with Gasteiger partial charge in [-0.15, -0.1) is 0 Å². The minimum absolute atomic E-state index is 0.0585. The monoisotopic (exact) mass is 478 g/mol. The van der Waals surface area contributed by atoms with E-state index in [4.69, 9.17) is 9.47 Å². The molecule has 2 amide bonds. The average molecular weight is 479 g/mol. The summed E-state index contributed by atoms with van der Waals surface area (Å²) in [6.07, 6.45) is 1.73. The number of hydrogen-bond donors (Lipinski definition) is 3. The quantitative estimate of drug-likeness (QED) is 0.562. The molecule has 0 radical (unpaired) electrons. The van der Waals surface area contributed by atoms with E-state index in [-0.39, 0.29) is 30.9 Å². The van der Waals surface area contributed by atoms with Gasteiger partial charge < -0.3 is 25.2 Å². The molecule has 1 aliphatic heterocycles. The first-order chi connectivity index (χ1) is 17.0. The van der Waals surface area contributed by atoms with E-state index < -0.39 is 23.7 Å². The van der Waals surface area contributed by atoms with Crippen LogP contribution in [0, 0.1) is 5.92 Å². The van der Waals surface area contributed by atoms with Gasteiger partial charge in [-0.3, -0.25) is 4.79 Å². The molecular weight excluding hydrogens is 448 g/mol. The van der Waals surface area contributed by atoms with Crippen molar-refractivity contribution in [3.8, 4) is 11.1 Å². The summed E-state index contributed by atoms with van der Waals surface area (Å²) < 4.78 is 10.9. The second-order valence-electron chi connectivity index (χ2n) is 9.63. The Morgan fingerprint density at radius 2 is 1.63 bits per heavy atom. The smallest absolute Gasteiger partial charge is 0.408 e. The molecule has 2 aromatic carbocycles. The van der Waals surface area contributed by atoms with Crippen molar-refractivity contribution in [2.45, 2.75) is 49.7 Å². The van der Waals surface area contributed by atoms with Crippen LogP contribution in [0.2, 0.25) is 0 Å². The third-order valence-electron chi connectivity index (χ3n) is 7.56. The van der Waals surface area contributed by atoms with Crippen molar-refractivity contribution in [2.75, 3.05) is 19.8 Å². The zero-order chi connectivity index (χ0) is 24.4. The summed E-state index contributed by atoms with van der Waals surface area (Å²) in [5, 5.41) is 15.0. The molecule has 0 spiro atoms. The third kappa shape index (κ3) is 4.50. The van der Waals surface area contributed by atoms with Gasteiger partial charge >= 0.3 is 12.1 Å². The summed E-state index contributed by atoms with van der Waals surface area (Å²) in [6.45, 7) is 0.738. The summed E-state index contributed by atoms with van der Waals surface area (Å²) >= 11 is 0. The minimum Gasteiger partial charge on any atom is -0.479 e. The van der Waals surface area contributed by atoms with Crippen molar-refractivity contribution in [2.24, 2.45) is 5.92 Å². The zero-order valence-corrected chi connectivity index (χ0v) is 19.5. The first-order valence-corrected chi connectivity index (χ1v) is 12.2. The standard InChI is InChI=1S/C27H30N2O6/c30-24(31)23-17(11-14-34-23)15-28-25(32)27(12-5-6-13-27)29-26(33)35-16-22-20-9-3-1-7-18(20)19-8-2-4-10-21(19)22/h1-4,7-10,17,22-23H,5-6,11-16H2,(H,28,32)(H,29,33)(H,30,31)/t17-,23-/m1/s1. The highest BCUT2D eigenvalue weighted by Gasteiger charge is 2.44. The van der Waals surface area contributed by atoms with Crippen molar-refractivity contribution >= 4 is 18.0 Å². The van der Waals surface area contributed by atoms with E-state index in [2.05, 4.69) is 34.9 Å². The third-order valence-corrected chi connectivity index (χ3v) is 7.56. The number of aliphatic carboxylic acids is 1. The van der Waals surface area contributed by atoms with Gasteiger partial charge in [0.15, 0.2) is 6.10 Å². The predicted octanol–water partition coefficient (Wildman–Crippen LogP) is 3.44. The van der Waals surface area contributed by atoms with E-state index in [1.165, 1.54) is 0 Å². The number of benzene rings is 2. The maximum absolute atomic E-state index is 13.2. The Hall–Kier alpha value is -3.39. The highest BCUT2D eigenvalue weighted by molar-refractivity contribution is 5.90. The predicted molar refractivity (Wildman–Crippen MR) is 128 cm³/mol. The van der Waals surface area contributed by atoms with Gasteiger partial charge in [0.1, 0.15) is 12.1 Å². The Labute approximate surface area is 204 Å². The summed E-state index contributed by atoms with van der Waals surface area (Å²) in [6, 6.07) is 16.3. The second kappa shape index (κ2) is 9.70. The van der Waals surface area contributed by atoms with Crippen LogP contribution < -0.4 is 10.6 Å². The Morgan fingerprint density at radius 3 is 2.26 bits per heavy atom. The van der Waals surface area contributed by atoms with Crippen LogP contribution in [-0.4, -0.2) is 54.5 Å². The van der Waals surface area contributed by atoms with Crippen LogP contribution in [0.5, 0.6) is 0 Å². The molecule has 2 aliphatic carbocycles. The van der Waals surface area contributed by atoms with Crippen LogP contribution in [0.3, 0.4) is 0 Å². The van der Waals surface area contributed by atoms with Crippen LogP contribution >= 0.6 is 0 Å². The van der Waals surface area contributed by atoms with E-state index in [1.54, 1.807) is 0 Å². The molecule has 1 heterocycles. The highest BCUT2D eigenvalue weighted by Crippen LogP contribution is 2.44. The van der Waals surface area contributed by atoms with Crippen molar-refractivity contribution in [3.05, 3.63) is 59.7 Å². The Morgan fingerprint density at radius 1 is 1.00 bits per heavy atom. The Bertz CT molecular complexity index is 1080. The minimum atomic E-state index is -1.04. The van der Waals surface area contributed by atoms with Gasteiger partial charge in [-0.05, 0) is 41.5 Å². The first kappa shape index (κ1) is 23.4. The number of carboxylic acids is 1. The SMILES string of the molecule is O=C(NC1(C(=O)NC[C@H]2CCO[C@H]2C(=O)O)CCCC1)OCC1c2ccccc2-c2ccccc21. The van der Waals surface area contributed by atoms with E-state index in [1.807, 2.05) is 24.3 Å². The molecule has 35 heavy (non-hydrogen) atoms. The molecule has 0 bridgehead atoms. The van der Waals surface area contributed by atoms with E-state index in [9.17, 15) is 19.5 Å². The lowest BCUT2D eigenvalue weighted by Gasteiger charge is -2.29. The number of carboxylic acid groups (broad SMARTS) is 1. The van der Waals surface area contributed by atoms with Crippen molar-refractivity contribution in [3.63, 3.8) is 0 Å². The molecule has 3 N–H and O–H groups in total. The molecule has 3 aliphatic rings. The van der Waals surface area contributed by atoms with Gasteiger partial charge in [0.25, 0.3) is 0 Å². The van der Waals surface area contributed by atoms with Crippen LogP contribution in [0.25, 0.3) is 11.1 Å². The molecule has 1 saturated heterocycles. The Balaban J connectivity index is 1.22. The lowest BCUT2D eigenvalue weighted by Crippen LogP contribution is -2.58. The number of hydrogen-bond acceptors (Lipinski definition) is 5. The second-order valence-corrected chi connectivity index (χ2v) is 9.63. The van der Waals surface area contributed by atoms with Crippen molar-refractivity contribution in [1.82, 2.24) is 10.6 Å². The molecule has 184 valence electrons. The van der Waals surface area contributed by atoms with Crippen LogP contribution in [-0.2, 0) is 19.1 Å². The number of carbonyl (C=O) groups excluding carboxylic acids is 2. The molecule has 2 fully saturated rings. The highest BCUT2D eigenvalue weighted by atomic mass is 16.5. The fraction of sp³-hybridized carbons (Fsp3) is 0.444. The van der Waals surface area contributed by atoms with Gasteiger partial charge in [-0.25, -0.2) is 9.59 Å². The fourth-order valence-corrected chi connectivity index (χ4v) is 5.73. The molecule has 2 atom stereocenters. The summed E-state index contributed by atoms with van der Waals surface area (Å²) in [7, 11) is 0. The fourth-order valence-electron chi connectivity index (χ4n) is 5.73. The normalized spacial score (nSPS) is 22.3. The molecular formula is C27H30N2O6. The number of rotatable bonds is 7. The lowest BCUT2D eigenvalue weighted by molar-refractivity contribution is -0.149. The van der Waals surface area contributed by atoms with Crippen LogP contribution in [0.1, 0.15) is 49.1 Å². The molecule has 2 aromatic rings. The number of amides is 2. The maximum Gasteiger partial charge on any atom is 0.408 e. The molecule has 8 nitrogen and oxygen atoms in total. The van der Waals surface area contributed by atoms with Gasteiger partial charge in [0.05, 0.1) is 0 Å². The summed E-state index contributed by atoms with van der Waals surface area (Å²) in [5.41, 5.74) is 3.52. The van der Waals surface area contributed by atoms with Crippen molar-refractivity contribution < 1.29 is 29.0 Å². The molecule has 8 heteroatoms. The Kier molecular flexibility index (Phi) is 6.47. The molecule has 1 saturated carbocycles. The lowest BCUT2D eigenvalue weighted by atomic mass is 9.95. The van der Waals surface area contributed by atoms with Gasteiger partial charge in [-0.2, -0.15) is 0 Å². The number of nitrogens with one attached hydrogen (secondary N) is 2. The number of fused-ring (bicyclic) bond motifs is 3. The summed E-state index contributed by atoms with van der Waals surface area (Å²) in [4.78, 5) is 37.4. The molecule has 0 unspecified atom stereocenters. The maximum atomic E-state index is 13.2. The average Bonchev–Trinajstić information content (AvgIpc) is 3.59. The van der Waals surface area contributed by atoms with Gasteiger partial charge in [0.2, 0.25) is 5.91 Å². The zero-order valence-electron chi connectivity index (χ0n) is 19.5. The topological polar surface area (TPSA) is 114 Å². The summed E-state index contributed by atoms with van der Waals surface area (Å²) in [5.74, 6) is -1.66. The number of alkyl carbamates (subject to hydrolysis) is 1.